The minimum Gasteiger partial charge on any atom is -0.481 e. The largest absolute Gasteiger partial charge is 0.481 e. The maximum atomic E-state index is 13.5. The van der Waals surface area contributed by atoms with Crippen molar-refractivity contribution in [2.24, 2.45) is 0 Å². The number of carbonyl (C=O) groups is 2. The van der Waals surface area contributed by atoms with Crippen molar-refractivity contribution >= 4 is 11.9 Å². The number of aliphatic carboxylic acids is 1. The van der Waals surface area contributed by atoms with Crippen molar-refractivity contribution in [2.45, 2.75) is 19.4 Å². The zero-order valence-corrected chi connectivity index (χ0v) is 10.8. The predicted octanol–water partition coefficient (Wildman–Crippen LogP) is 1.35. The number of nitrogens with one attached hydrogen (secondary N) is 1. The Balaban J connectivity index is 2.64. The summed E-state index contributed by atoms with van der Waals surface area (Å²) in [5.41, 5.74) is 0.700. The Kier molecular flexibility index (Phi) is 5.44. The predicted molar refractivity (Wildman–Crippen MR) is 66.5 cm³/mol. The van der Waals surface area contributed by atoms with Crippen LogP contribution in [0.2, 0.25) is 0 Å². The topological polar surface area (TPSA) is 75.6 Å². The fourth-order valence-corrected chi connectivity index (χ4v) is 1.55. The van der Waals surface area contributed by atoms with E-state index in [0.717, 1.165) is 5.56 Å². The van der Waals surface area contributed by atoms with Gasteiger partial charge in [-0.1, -0.05) is 11.6 Å². The quantitative estimate of drug-likeness (QED) is 0.817. The number of hydrogen-bond donors (Lipinski definition) is 2. The zero-order valence-electron chi connectivity index (χ0n) is 10.8. The van der Waals surface area contributed by atoms with Crippen LogP contribution in [-0.2, 0) is 9.53 Å². The first-order valence-corrected chi connectivity index (χ1v) is 5.73. The first-order valence-electron chi connectivity index (χ1n) is 5.73. The lowest BCUT2D eigenvalue weighted by Crippen LogP contribution is -2.34. The second kappa shape index (κ2) is 6.84. The van der Waals surface area contributed by atoms with E-state index in [0.29, 0.717) is 0 Å². The monoisotopic (exact) mass is 269 g/mol. The molecule has 0 spiro atoms. The Morgan fingerprint density at radius 1 is 1.47 bits per heavy atom. The molecular formula is C13H16FNO4. The Labute approximate surface area is 110 Å². The third-order valence-corrected chi connectivity index (χ3v) is 2.59. The van der Waals surface area contributed by atoms with E-state index < -0.39 is 23.8 Å². The molecule has 5 nitrogen and oxygen atoms in total. The smallest absolute Gasteiger partial charge is 0.306 e. The minimum absolute atomic E-state index is 0.00894. The molecule has 0 fully saturated rings. The molecule has 0 saturated heterocycles. The molecule has 0 aromatic heterocycles. The van der Waals surface area contributed by atoms with E-state index in [1.165, 1.54) is 19.2 Å². The van der Waals surface area contributed by atoms with Crippen LogP contribution in [0.15, 0.2) is 18.2 Å². The van der Waals surface area contributed by atoms with Gasteiger partial charge in [0, 0.05) is 13.7 Å². The Morgan fingerprint density at radius 3 is 2.74 bits per heavy atom. The van der Waals surface area contributed by atoms with E-state index in [4.69, 9.17) is 9.84 Å². The number of carbonyl (C=O) groups excluding carboxylic acids is 1. The average molecular weight is 269 g/mol. The number of aryl methyl sites for hydroxylation is 1. The summed E-state index contributed by atoms with van der Waals surface area (Å²) in [6.45, 7) is 1.76. The fourth-order valence-electron chi connectivity index (χ4n) is 1.55. The molecule has 6 heteroatoms. The van der Waals surface area contributed by atoms with Gasteiger partial charge in [-0.2, -0.15) is 0 Å². The highest BCUT2D eigenvalue weighted by molar-refractivity contribution is 5.94. The molecule has 1 aromatic carbocycles. The highest BCUT2D eigenvalue weighted by Gasteiger charge is 2.16. The fraction of sp³-hybridized carbons (Fsp3) is 0.385. The number of benzene rings is 1. The number of amides is 1. The molecule has 0 aliphatic carbocycles. The van der Waals surface area contributed by atoms with Crippen molar-refractivity contribution in [3.63, 3.8) is 0 Å². The number of halogens is 1. The summed E-state index contributed by atoms with van der Waals surface area (Å²) in [5.74, 6) is -2.23. The summed E-state index contributed by atoms with van der Waals surface area (Å²) >= 11 is 0. The van der Waals surface area contributed by atoms with Crippen LogP contribution in [0, 0.1) is 12.7 Å². The van der Waals surface area contributed by atoms with E-state index in [1.54, 1.807) is 13.0 Å². The first kappa shape index (κ1) is 15.1. The van der Waals surface area contributed by atoms with Gasteiger partial charge in [0.1, 0.15) is 5.82 Å². The van der Waals surface area contributed by atoms with Crippen LogP contribution in [0.3, 0.4) is 0 Å². The molecule has 0 saturated carbocycles. The lowest BCUT2D eigenvalue weighted by atomic mass is 10.1. The lowest BCUT2D eigenvalue weighted by Gasteiger charge is -2.14. The van der Waals surface area contributed by atoms with E-state index in [-0.39, 0.29) is 18.5 Å². The van der Waals surface area contributed by atoms with E-state index in [1.807, 2.05) is 0 Å². The van der Waals surface area contributed by atoms with E-state index in [2.05, 4.69) is 5.32 Å². The molecule has 0 aliphatic rings. The number of ether oxygens (including phenoxy) is 1. The third kappa shape index (κ3) is 4.67. The van der Waals surface area contributed by atoms with Gasteiger partial charge in [-0.05, 0) is 19.1 Å². The lowest BCUT2D eigenvalue weighted by molar-refractivity contribution is -0.139. The summed E-state index contributed by atoms with van der Waals surface area (Å²) in [6, 6.07) is 4.22. The Bertz CT molecular complexity index is 476. The molecule has 19 heavy (non-hydrogen) atoms. The highest BCUT2D eigenvalue weighted by atomic mass is 19.1. The van der Waals surface area contributed by atoms with Gasteiger partial charge in [-0.15, -0.1) is 0 Å². The molecule has 104 valence electrons. The van der Waals surface area contributed by atoms with Crippen molar-refractivity contribution in [1.29, 1.82) is 0 Å². The maximum absolute atomic E-state index is 13.5. The maximum Gasteiger partial charge on any atom is 0.306 e. The number of hydrogen-bond acceptors (Lipinski definition) is 3. The van der Waals surface area contributed by atoms with Gasteiger partial charge in [-0.3, -0.25) is 9.59 Å². The van der Waals surface area contributed by atoms with Crippen LogP contribution in [-0.4, -0.2) is 36.7 Å². The molecule has 1 amide bonds. The van der Waals surface area contributed by atoms with Gasteiger partial charge in [0.05, 0.1) is 18.1 Å². The highest BCUT2D eigenvalue weighted by Crippen LogP contribution is 2.10. The standard InChI is InChI=1S/C13H16FNO4/c1-8-3-4-11(14)10(5-8)13(18)15-7-9(19-2)6-12(16)17/h3-5,9H,6-7H2,1-2H3,(H,15,18)(H,16,17). The molecule has 2 N–H and O–H groups in total. The van der Waals surface area contributed by atoms with Crippen LogP contribution in [0.4, 0.5) is 4.39 Å². The number of carboxylic acids is 1. The van der Waals surface area contributed by atoms with Crippen molar-refractivity contribution in [3.05, 3.63) is 35.1 Å². The molecule has 1 atom stereocenters. The SMILES string of the molecule is COC(CNC(=O)c1cc(C)ccc1F)CC(=O)O. The van der Waals surface area contributed by atoms with Gasteiger partial charge in [0.15, 0.2) is 0 Å². The number of rotatable bonds is 6. The van der Waals surface area contributed by atoms with E-state index >= 15 is 0 Å². The summed E-state index contributed by atoms with van der Waals surface area (Å²) < 4.78 is 18.4. The van der Waals surface area contributed by atoms with Crippen LogP contribution >= 0.6 is 0 Å². The van der Waals surface area contributed by atoms with Gasteiger partial charge in [0.25, 0.3) is 5.91 Å². The van der Waals surface area contributed by atoms with Crippen LogP contribution < -0.4 is 5.32 Å². The van der Waals surface area contributed by atoms with Gasteiger partial charge in [0.2, 0.25) is 0 Å². The van der Waals surface area contributed by atoms with Crippen molar-refractivity contribution in [3.8, 4) is 0 Å². The first-order chi connectivity index (χ1) is 8.93. The van der Waals surface area contributed by atoms with Crippen LogP contribution in [0.1, 0.15) is 22.3 Å². The Morgan fingerprint density at radius 2 is 2.16 bits per heavy atom. The number of methoxy groups -OCH3 is 1. The van der Waals surface area contributed by atoms with Crippen LogP contribution in [0.5, 0.6) is 0 Å². The molecule has 1 unspecified atom stereocenters. The summed E-state index contributed by atoms with van der Waals surface area (Å²) in [5, 5.41) is 11.1. The summed E-state index contributed by atoms with van der Waals surface area (Å²) in [4.78, 5) is 22.3. The Hall–Kier alpha value is -1.95. The van der Waals surface area contributed by atoms with Crippen molar-refractivity contribution in [1.82, 2.24) is 5.32 Å². The van der Waals surface area contributed by atoms with Gasteiger partial charge < -0.3 is 15.2 Å². The van der Waals surface area contributed by atoms with E-state index in [9.17, 15) is 14.0 Å². The summed E-state index contributed by atoms with van der Waals surface area (Å²) in [7, 11) is 1.35. The molecule has 1 aromatic rings. The molecule has 1 rings (SSSR count). The second-order valence-electron chi connectivity index (χ2n) is 4.15. The third-order valence-electron chi connectivity index (χ3n) is 2.59. The van der Waals surface area contributed by atoms with Gasteiger partial charge in [-0.25, -0.2) is 4.39 Å². The summed E-state index contributed by atoms with van der Waals surface area (Å²) in [6.07, 6.45) is -0.873. The van der Waals surface area contributed by atoms with Crippen LogP contribution in [0.25, 0.3) is 0 Å². The second-order valence-corrected chi connectivity index (χ2v) is 4.15. The minimum atomic E-state index is -1.03. The van der Waals surface area contributed by atoms with Gasteiger partial charge >= 0.3 is 5.97 Å². The molecule has 0 heterocycles. The zero-order chi connectivity index (χ0) is 14.4. The average Bonchev–Trinajstić information content (AvgIpc) is 2.36. The molecule has 0 aliphatic heterocycles. The van der Waals surface area contributed by atoms with Crippen molar-refractivity contribution in [2.75, 3.05) is 13.7 Å². The molecule has 0 bridgehead atoms. The molecule has 0 radical (unpaired) electrons. The number of carboxylic acid groups (broad SMARTS) is 1. The normalized spacial score (nSPS) is 11.9. The molecular weight excluding hydrogens is 253 g/mol. The van der Waals surface area contributed by atoms with Crippen molar-refractivity contribution < 1.29 is 23.8 Å².